The molecule has 57 heavy (non-hydrogen) atoms. The highest BCUT2D eigenvalue weighted by atomic mass is 16.6. The number of nitrogens with zero attached hydrogens (tertiary/aromatic N) is 5. The molecule has 0 saturated carbocycles. The maximum Gasteiger partial charge on any atom is 0.410 e. The van der Waals surface area contributed by atoms with Crippen LogP contribution in [0.25, 0.3) is 44.7 Å². The SMILES string of the molecule is CC(C)(C)OC(=O)N1CCCC1c1ncc(-c2ccc3c(c2)cc2n3[C@H](c3ccccc3)Oc3cc(-c4cnc([C@@H]5CCCN5C(=O)OC(C)(C)C)[nH]4)ccc3-2)[nH]1. The summed E-state index contributed by atoms with van der Waals surface area (Å²) in [7, 11) is 0. The second kappa shape index (κ2) is 13.9. The Morgan fingerprint density at radius 1 is 0.719 bits per heavy atom. The van der Waals surface area contributed by atoms with Crippen LogP contribution >= 0.6 is 0 Å². The fraction of sp³-hybridized carbons (Fsp3) is 0.378. The van der Waals surface area contributed by atoms with Crippen molar-refractivity contribution < 1.29 is 23.8 Å². The largest absolute Gasteiger partial charge is 0.465 e. The molecule has 3 aliphatic heterocycles. The van der Waals surface area contributed by atoms with Gasteiger partial charge in [0.2, 0.25) is 6.23 Å². The fourth-order valence-corrected chi connectivity index (χ4v) is 8.36. The number of H-pyrrole nitrogens is 2. The van der Waals surface area contributed by atoms with Crippen molar-refractivity contribution in [3.05, 3.63) is 102 Å². The van der Waals surface area contributed by atoms with Gasteiger partial charge in [-0.15, -0.1) is 0 Å². The lowest BCUT2D eigenvalue weighted by atomic mass is 10.0. The van der Waals surface area contributed by atoms with Gasteiger partial charge in [0, 0.05) is 40.7 Å². The van der Waals surface area contributed by atoms with Gasteiger partial charge in [0.05, 0.1) is 47.1 Å². The quantitative estimate of drug-likeness (QED) is 0.179. The van der Waals surface area contributed by atoms with Crippen LogP contribution in [0.5, 0.6) is 5.75 Å². The van der Waals surface area contributed by atoms with E-state index in [1.165, 1.54) is 0 Å². The Morgan fingerprint density at radius 3 is 1.86 bits per heavy atom. The number of amides is 2. The monoisotopic (exact) mass is 767 g/mol. The number of hydrogen-bond donors (Lipinski definition) is 2. The maximum atomic E-state index is 13.0. The first kappa shape index (κ1) is 36.6. The van der Waals surface area contributed by atoms with Gasteiger partial charge in [-0.2, -0.15) is 0 Å². The van der Waals surface area contributed by atoms with Gasteiger partial charge in [0.1, 0.15) is 28.6 Å². The van der Waals surface area contributed by atoms with Crippen LogP contribution < -0.4 is 4.74 Å². The van der Waals surface area contributed by atoms with Crippen LogP contribution in [0.15, 0.2) is 85.2 Å². The van der Waals surface area contributed by atoms with Crippen LogP contribution in [0.1, 0.15) is 103 Å². The Hall–Kier alpha value is -6.04. The molecular formula is C45H49N7O5. The average molecular weight is 768 g/mol. The van der Waals surface area contributed by atoms with Gasteiger partial charge >= 0.3 is 12.2 Å². The van der Waals surface area contributed by atoms with Gasteiger partial charge < -0.3 is 28.7 Å². The van der Waals surface area contributed by atoms with Crippen molar-refractivity contribution in [1.29, 1.82) is 0 Å². The first-order valence-electron chi connectivity index (χ1n) is 19.9. The van der Waals surface area contributed by atoms with E-state index >= 15 is 0 Å². The van der Waals surface area contributed by atoms with Crippen molar-refractivity contribution in [2.45, 2.75) is 96.7 Å². The molecule has 9 rings (SSSR count). The third-order valence-electron chi connectivity index (χ3n) is 10.9. The topological polar surface area (TPSA) is 131 Å². The molecule has 294 valence electrons. The van der Waals surface area contributed by atoms with Crippen LogP contribution in [-0.2, 0) is 9.47 Å². The van der Waals surface area contributed by atoms with Gasteiger partial charge in [-0.1, -0.05) is 42.5 Å². The number of ether oxygens (including phenoxy) is 3. The number of carbonyl (C=O) groups excluding carboxylic acids is 2. The number of hydrogen-bond acceptors (Lipinski definition) is 7. The Balaban J connectivity index is 1.03. The van der Waals surface area contributed by atoms with Crippen LogP contribution in [0.3, 0.4) is 0 Å². The molecular weight excluding hydrogens is 719 g/mol. The maximum absolute atomic E-state index is 13.0. The molecule has 3 atom stereocenters. The van der Waals surface area contributed by atoms with Crippen molar-refractivity contribution in [2.24, 2.45) is 0 Å². The number of aromatic amines is 2. The molecule has 0 bridgehead atoms. The minimum atomic E-state index is -0.569. The van der Waals surface area contributed by atoms with Crippen LogP contribution in [-0.4, -0.2) is 70.8 Å². The molecule has 0 spiro atoms. The molecule has 1 unspecified atom stereocenters. The predicted octanol–water partition coefficient (Wildman–Crippen LogP) is 10.2. The van der Waals surface area contributed by atoms with Gasteiger partial charge in [-0.25, -0.2) is 19.6 Å². The number of fused-ring (bicyclic) bond motifs is 5. The lowest BCUT2D eigenvalue weighted by Gasteiger charge is -2.30. The highest BCUT2D eigenvalue weighted by Crippen LogP contribution is 2.46. The zero-order valence-corrected chi connectivity index (χ0v) is 33.3. The van der Waals surface area contributed by atoms with E-state index in [4.69, 9.17) is 24.2 Å². The molecule has 3 aromatic heterocycles. The minimum Gasteiger partial charge on any atom is -0.465 e. The molecule has 6 aromatic rings. The van der Waals surface area contributed by atoms with Gasteiger partial charge in [-0.3, -0.25) is 9.80 Å². The third kappa shape index (κ3) is 7.02. The van der Waals surface area contributed by atoms with E-state index in [1.54, 1.807) is 9.80 Å². The molecule has 0 radical (unpaired) electrons. The summed E-state index contributed by atoms with van der Waals surface area (Å²) in [4.78, 5) is 46.1. The second-order valence-electron chi connectivity index (χ2n) is 17.3. The normalized spacial score (nSPS) is 19.4. The second-order valence-corrected chi connectivity index (χ2v) is 17.3. The number of nitrogens with one attached hydrogen (secondary N) is 2. The highest BCUT2D eigenvalue weighted by Gasteiger charge is 2.37. The summed E-state index contributed by atoms with van der Waals surface area (Å²) in [6.45, 7) is 12.6. The highest BCUT2D eigenvalue weighted by molar-refractivity contribution is 5.92. The summed E-state index contributed by atoms with van der Waals surface area (Å²) >= 11 is 0. The predicted molar refractivity (Wildman–Crippen MR) is 218 cm³/mol. The average Bonchev–Trinajstić information content (AvgIpc) is 4.01. The summed E-state index contributed by atoms with van der Waals surface area (Å²) in [6.07, 6.45) is 6.10. The van der Waals surface area contributed by atoms with E-state index in [2.05, 4.69) is 69.1 Å². The molecule has 6 heterocycles. The van der Waals surface area contributed by atoms with Crippen LogP contribution in [0, 0.1) is 0 Å². The fourth-order valence-electron chi connectivity index (χ4n) is 8.36. The third-order valence-corrected chi connectivity index (χ3v) is 10.9. The summed E-state index contributed by atoms with van der Waals surface area (Å²) < 4.78 is 20.6. The van der Waals surface area contributed by atoms with Crippen molar-refractivity contribution in [3.63, 3.8) is 0 Å². The van der Waals surface area contributed by atoms with Gasteiger partial charge in [0.25, 0.3) is 0 Å². The van der Waals surface area contributed by atoms with E-state index < -0.39 is 17.4 Å². The standard InChI is InChI=1S/C45H49N7O5/c1-44(2,3)56-42(53)50-20-10-14-35(50)39-46-25-32(48-39)28-17-19-34-30(22-28)23-37-31-18-16-29(24-38(31)55-41(52(34)37)27-12-8-7-9-13-27)33-26-47-40(49-33)36-15-11-21-51(36)43(54)57-45(4,5)6/h7-9,12-13,16-19,22-26,35-36,41H,10-11,14-15,20-21H2,1-6H3,(H,46,48)(H,47,49)/t35?,36-,41-/m0/s1. The molecule has 3 aliphatic rings. The summed E-state index contributed by atoms with van der Waals surface area (Å²) in [5.74, 6) is 2.28. The van der Waals surface area contributed by atoms with Gasteiger partial charge in [0.15, 0.2) is 0 Å². The summed E-state index contributed by atoms with van der Waals surface area (Å²) in [6, 6.07) is 24.9. The number of rotatable bonds is 5. The van der Waals surface area contributed by atoms with E-state index in [1.807, 2.05) is 72.1 Å². The number of benzene rings is 3. The molecule has 12 heteroatoms. The van der Waals surface area contributed by atoms with Crippen molar-refractivity contribution in [3.8, 4) is 39.5 Å². The van der Waals surface area contributed by atoms with E-state index in [-0.39, 0.29) is 24.3 Å². The zero-order chi connectivity index (χ0) is 39.6. The number of carbonyl (C=O) groups is 2. The first-order chi connectivity index (χ1) is 27.3. The first-order valence-corrected chi connectivity index (χ1v) is 19.9. The Labute approximate surface area is 332 Å². The Morgan fingerprint density at radius 2 is 1.28 bits per heavy atom. The van der Waals surface area contributed by atoms with Crippen LogP contribution in [0.4, 0.5) is 9.59 Å². The lowest BCUT2D eigenvalue weighted by molar-refractivity contribution is 0.0208. The van der Waals surface area contributed by atoms with Gasteiger partial charge in [-0.05, 0) is 97.6 Å². The Kier molecular flexibility index (Phi) is 8.90. The smallest absolute Gasteiger partial charge is 0.410 e. The molecule has 0 aliphatic carbocycles. The molecule has 3 aromatic carbocycles. The van der Waals surface area contributed by atoms with Crippen molar-refractivity contribution in [1.82, 2.24) is 34.3 Å². The Bertz CT molecular complexity index is 2470. The zero-order valence-electron chi connectivity index (χ0n) is 33.3. The minimum absolute atomic E-state index is 0.160. The van der Waals surface area contributed by atoms with Crippen LogP contribution in [0.2, 0.25) is 0 Å². The van der Waals surface area contributed by atoms with E-state index in [9.17, 15) is 9.59 Å². The summed E-state index contributed by atoms with van der Waals surface area (Å²) in [5.41, 5.74) is 6.67. The number of likely N-dealkylation sites (tertiary alicyclic amines) is 2. The molecule has 2 amide bonds. The van der Waals surface area contributed by atoms with E-state index in [0.29, 0.717) is 13.1 Å². The summed E-state index contributed by atoms with van der Waals surface area (Å²) in [5, 5.41) is 1.07. The number of imidazole rings is 2. The molecule has 2 N–H and O–H groups in total. The molecule has 12 nitrogen and oxygen atoms in total. The lowest BCUT2D eigenvalue weighted by Crippen LogP contribution is -2.36. The molecule has 2 saturated heterocycles. The van der Waals surface area contributed by atoms with E-state index in [0.717, 1.165) is 93.3 Å². The number of aromatic nitrogens is 5. The van der Waals surface area contributed by atoms with Crippen molar-refractivity contribution in [2.75, 3.05) is 13.1 Å². The van der Waals surface area contributed by atoms with Crippen molar-refractivity contribution >= 4 is 23.1 Å². The molecule has 2 fully saturated rings.